The molecule has 0 amide bonds. The molecule has 0 saturated carbocycles. The Bertz CT molecular complexity index is 817. The second-order valence-electron chi connectivity index (χ2n) is 5.19. The Kier molecular flexibility index (Phi) is 4.52. The largest absolute Gasteiger partial charge is 0.459 e. The fraction of sp³-hybridized carbons (Fsp3) is 0.235. The fourth-order valence-corrected chi connectivity index (χ4v) is 3.04. The van der Waals surface area contributed by atoms with Crippen LogP contribution >= 0.6 is 11.3 Å². The van der Waals surface area contributed by atoms with Crippen LogP contribution < -0.4 is 0 Å². The first kappa shape index (κ1) is 15.4. The molecule has 0 atom stereocenters. The molecular weight excluding hydrogens is 312 g/mol. The van der Waals surface area contributed by atoms with E-state index in [4.69, 9.17) is 4.74 Å². The summed E-state index contributed by atoms with van der Waals surface area (Å²) in [4.78, 5) is 29.8. The number of ketones is 1. The van der Waals surface area contributed by atoms with Crippen molar-refractivity contribution in [1.82, 2.24) is 9.38 Å². The maximum absolute atomic E-state index is 11.9. The lowest BCUT2D eigenvalue weighted by Crippen LogP contribution is -2.07. The van der Waals surface area contributed by atoms with Crippen LogP contribution in [0.2, 0.25) is 0 Å². The normalized spacial score (nSPS) is 10.8. The zero-order chi connectivity index (χ0) is 16.2. The summed E-state index contributed by atoms with van der Waals surface area (Å²) in [6, 6.07) is 9.38. The number of thiophene rings is 1. The van der Waals surface area contributed by atoms with E-state index in [1.807, 2.05) is 48.0 Å². The molecule has 6 heteroatoms. The number of ether oxygens (including phenoxy) is 1. The van der Waals surface area contributed by atoms with Crippen LogP contribution in [0.3, 0.4) is 0 Å². The number of nitrogens with zero attached hydrogens (tertiary/aromatic N) is 2. The summed E-state index contributed by atoms with van der Waals surface area (Å²) in [6.07, 6.45) is 3.96. The number of fused-ring (bicyclic) bond motifs is 1. The standard InChI is InChI=1S/C17H16N2O3S/c1-12-5-7-15(23-12)14(20)6-8-17(21)22-11-13-10-19-9-3-2-4-16(19)18-13/h2-5,7,9-10H,6,8,11H2,1H3. The van der Waals surface area contributed by atoms with Gasteiger partial charge >= 0.3 is 5.97 Å². The van der Waals surface area contributed by atoms with Gasteiger partial charge in [-0.05, 0) is 31.2 Å². The maximum atomic E-state index is 11.9. The molecule has 0 aliphatic carbocycles. The van der Waals surface area contributed by atoms with Crippen LogP contribution in [0, 0.1) is 6.92 Å². The van der Waals surface area contributed by atoms with Gasteiger partial charge in [0.2, 0.25) is 0 Å². The monoisotopic (exact) mass is 328 g/mol. The van der Waals surface area contributed by atoms with Gasteiger partial charge in [0.1, 0.15) is 12.3 Å². The number of esters is 1. The Hall–Kier alpha value is -2.47. The second kappa shape index (κ2) is 6.75. The van der Waals surface area contributed by atoms with Crippen LogP contribution in [-0.2, 0) is 16.1 Å². The third-order valence-corrected chi connectivity index (χ3v) is 4.41. The van der Waals surface area contributed by atoms with E-state index in [9.17, 15) is 9.59 Å². The highest BCUT2D eigenvalue weighted by Gasteiger charge is 2.12. The number of Topliss-reactive ketones (excluding diaryl/α,β-unsaturated/α-hetero) is 1. The highest BCUT2D eigenvalue weighted by Crippen LogP contribution is 2.17. The summed E-state index contributed by atoms with van der Waals surface area (Å²) >= 11 is 1.45. The lowest BCUT2D eigenvalue weighted by Gasteiger charge is -2.02. The van der Waals surface area contributed by atoms with Crippen molar-refractivity contribution < 1.29 is 14.3 Å². The molecule has 0 radical (unpaired) electrons. The van der Waals surface area contributed by atoms with Gasteiger partial charge in [0, 0.05) is 23.7 Å². The number of rotatable bonds is 6. The summed E-state index contributed by atoms with van der Waals surface area (Å²) in [5.74, 6) is -0.406. The van der Waals surface area contributed by atoms with Crippen LogP contribution in [0.4, 0.5) is 0 Å². The Morgan fingerprint density at radius 2 is 2.09 bits per heavy atom. The van der Waals surface area contributed by atoms with Crippen LogP contribution in [0.5, 0.6) is 0 Å². The summed E-state index contributed by atoms with van der Waals surface area (Å²) in [6.45, 7) is 2.07. The van der Waals surface area contributed by atoms with Crippen molar-refractivity contribution in [1.29, 1.82) is 0 Å². The molecule has 23 heavy (non-hydrogen) atoms. The predicted molar refractivity (Wildman–Crippen MR) is 87.6 cm³/mol. The van der Waals surface area contributed by atoms with Crippen molar-refractivity contribution in [3.63, 3.8) is 0 Å². The molecule has 3 aromatic heterocycles. The minimum Gasteiger partial charge on any atom is -0.459 e. The molecule has 0 bridgehead atoms. The number of pyridine rings is 1. The lowest BCUT2D eigenvalue weighted by atomic mass is 10.2. The average Bonchev–Trinajstić information content (AvgIpc) is 3.16. The van der Waals surface area contributed by atoms with E-state index in [-0.39, 0.29) is 31.2 Å². The quantitative estimate of drug-likeness (QED) is 0.514. The molecule has 0 aromatic carbocycles. The molecule has 0 spiro atoms. The number of hydrogen-bond donors (Lipinski definition) is 0. The molecule has 118 valence electrons. The molecule has 3 aromatic rings. The second-order valence-corrected chi connectivity index (χ2v) is 6.48. The van der Waals surface area contributed by atoms with E-state index in [1.54, 1.807) is 6.07 Å². The zero-order valence-electron chi connectivity index (χ0n) is 12.7. The topological polar surface area (TPSA) is 60.7 Å². The Morgan fingerprint density at radius 1 is 1.22 bits per heavy atom. The van der Waals surface area contributed by atoms with E-state index in [0.717, 1.165) is 10.5 Å². The van der Waals surface area contributed by atoms with Gasteiger partial charge in [-0.2, -0.15) is 0 Å². The summed E-state index contributed by atoms with van der Waals surface area (Å²) in [5.41, 5.74) is 1.49. The van der Waals surface area contributed by atoms with Crippen molar-refractivity contribution in [3.8, 4) is 0 Å². The van der Waals surface area contributed by atoms with Crippen LogP contribution in [-0.4, -0.2) is 21.1 Å². The smallest absolute Gasteiger partial charge is 0.306 e. The Labute approximate surface area is 137 Å². The highest BCUT2D eigenvalue weighted by atomic mass is 32.1. The van der Waals surface area contributed by atoms with Gasteiger partial charge in [-0.1, -0.05) is 6.07 Å². The minimum atomic E-state index is -0.385. The first-order valence-corrected chi connectivity index (χ1v) is 8.11. The van der Waals surface area contributed by atoms with Gasteiger partial charge in [0.05, 0.1) is 17.0 Å². The third-order valence-electron chi connectivity index (χ3n) is 3.37. The van der Waals surface area contributed by atoms with Gasteiger partial charge in [-0.15, -0.1) is 11.3 Å². The zero-order valence-corrected chi connectivity index (χ0v) is 13.5. The Balaban J connectivity index is 1.48. The number of hydrogen-bond acceptors (Lipinski definition) is 5. The Morgan fingerprint density at radius 3 is 2.83 bits per heavy atom. The van der Waals surface area contributed by atoms with Crippen molar-refractivity contribution >= 4 is 28.7 Å². The third kappa shape index (κ3) is 3.84. The van der Waals surface area contributed by atoms with Crippen LogP contribution in [0.25, 0.3) is 5.65 Å². The number of aromatic nitrogens is 2. The van der Waals surface area contributed by atoms with Gasteiger partial charge in [-0.3, -0.25) is 9.59 Å². The molecule has 0 N–H and O–H groups in total. The van der Waals surface area contributed by atoms with E-state index < -0.39 is 0 Å². The molecule has 0 aliphatic heterocycles. The fourth-order valence-electron chi connectivity index (χ4n) is 2.21. The van der Waals surface area contributed by atoms with Crippen LogP contribution in [0.1, 0.15) is 33.1 Å². The van der Waals surface area contributed by atoms with E-state index in [0.29, 0.717) is 10.6 Å². The maximum Gasteiger partial charge on any atom is 0.306 e. The molecular formula is C17H16N2O3S. The van der Waals surface area contributed by atoms with Crippen molar-refractivity contribution in [3.05, 3.63) is 58.2 Å². The molecule has 0 saturated heterocycles. The summed E-state index contributed by atoms with van der Waals surface area (Å²) < 4.78 is 7.05. The molecule has 0 fully saturated rings. The highest BCUT2D eigenvalue weighted by molar-refractivity contribution is 7.14. The first-order chi connectivity index (χ1) is 11.1. The molecule has 0 aliphatic rings. The molecule has 3 rings (SSSR count). The van der Waals surface area contributed by atoms with Crippen molar-refractivity contribution in [2.45, 2.75) is 26.4 Å². The predicted octanol–water partition coefficient (Wildman–Crippen LogP) is 3.41. The number of aryl methyl sites for hydroxylation is 1. The van der Waals surface area contributed by atoms with E-state index in [2.05, 4.69) is 4.98 Å². The van der Waals surface area contributed by atoms with Gasteiger partial charge in [0.25, 0.3) is 0 Å². The number of carbonyl (C=O) groups excluding carboxylic acids is 2. The summed E-state index contributed by atoms with van der Waals surface area (Å²) in [7, 11) is 0. The first-order valence-electron chi connectivity index (χ1n) is 7.30. The average molecular weight is 328 g/mol. The molecule has 5 nitrogen and oxygen atoms in total. The lowest BCUT2D eigenvalue weighted by molar-refractivity contribution is -0.145. The van der Waals surface area contributed by atoms with Gasteiger partial charge in [-0.25, -0.2) is 4.98 Å². The van der Waals surface area contributed by atoms with Gasteiger partial charge in [0.15, 0.2) is 5.78 Å². The van der Waals surface area contributed by atoms with Crippen molar-refractivity contribution in [2.75, 3.05) is 0 Å². The SMILES string of the molecule is Cc1ccc(C(=O)CCC(=O)OCc2cn3ccccc3n2)s1. The van der Waals surface area contributed by atoms with Gasteiger partial charge < -0.3 is 9.14 Å². The van der Waals surface area contributed by atoms with E-state index in [1.165, 1.54) is 11.3 Å². The van der Waals surface area contributed by atoms with Crippen molar-refractivity contribution in [2.24, 2.45) is 0 Å². The van der Waals surface area contributed by atoms with Crippen LogP contribution in [0.15, 0.2) is 42.7 Å². The molecule has 0 unspecified atom stereocenters. The number of imidazole rings is 1. The number of carbonyl (C=O) groups is 2. The minimum absolute atomic E-state index is 0.0206. The molecule has 3 heterocycles. The van der Waals surface area contributed by atoms with E-state index >= 15 is 0 Å². The summed E-state index contributed by atoms with van der Waals surface area (Å²) in [5, 5.41) is 0.